The number of carbonyl (C=O) groups excluding carboxylic acids is 1. The van der Waals surface area contributed by atoms with Crippen LogP contribution in [0.2, 0.25) is 0 Å². The maximum Gasteiger partial charge on any atom is 0.303 e. The van der Waals surface area contributed by atoms with Crippen LogP contribution in [-0.4, -0.2) is 23.3 Å². The molecule has 0 unspecified atom stereocenters. The van der Waals surface area contributed by atoms with Crippen LogP contribution >= 0.6 is 0 Å². The number of rotatable bonds is 6. The quantitative estimate of drug-likeness (QED) is 0.357. The second-order valence-corrected chi connectivity index (χ2v) is 12.9. The molecule has 0 aromatic heterocycles. The molecule has 0 bridgehead atoms. The standard InChI is InChI=1S/C29H48O3/c1-18(2)8-7-9-19(3)23-10-11-24-27-25(13-15-29(23,24)6)28(5)14-12-22(31)16-21(28)17-26(27)32-20(4)30/h17-19,22-27,31H,7-16H2,1-6H3/t19-,22+,23-,24+,25+,26-,27+,28+,29-/m1/s1. The zero-order valence-corrected chi connectivity index (χ0v) is 21.5. The fourth-order valence-corrected chi connectivity index (χ4v) is 8.93. The van der Waals surface area contributed by atoms with Crippen LogP contribution in [0.1, 0.15) is 106 Å². The molecule has 4 aliphatic rings. The Morgan fingerprint density at radius 3 is 2.53 bits per heavy atom. The second-order valence-electron chi connectivity index (χ2n) is 12.9. The molecule has 0 radical (unpaired) electrons. The molecule has 4 rings (SSSR count). The van der Waals surface area contributed by atoms with Crippen molar-refractivity contribution < 1.29 is 14.6 Å². The number of hydrogen-bond acceptors (Lipinski definition) is 3. The van der Waals surface area contributed by atoms with E-state index in [-0.39, 0.29) is 23.6 Å². The van der Waals surface area contributed by atoms with Gasteiger partial charge < -0.3 is 9.84 Å². The van der Waals surface area contributed by atoms with Gasteiger partial charge in [-0.25, -0.2) is 0 Å². The molecule has 9 atom stereocenters. The predicted octanol–water partition coefficient (Wildman–Crippen LogP) is 6.93. The molecule has 3 heteroatoms. The van der Waals surface area contributed by atoms with E-state index >= 15 is 0 Å². The van der Waals surface area contributed by atoms with E-state index in [1.54, 1.807) is 6.92 Å². The molecule has 0 aromatic rings. The first-order chi connectivity index (χ1) is 15.1. The Labute approximate surface area is 196 Å². The lowest BCUT2D eigenvalue weighted by atomic mass is 9.46. The molecule has 0 heterocycles. The van der Waals surface area contributed by atoms with Crippen LogP contribution in [0.3, 0.4) is 0 Å². The Kier molecular flexibility index (Phi) is 6.90. The molecule has 0 aromatic carbocycles. The van der Waals surface area contributed by atoms with Crippen molar-refractivity contribution in [2.45, 2.75) is 118 Å². The summed E-state index contributed by atoms with van der Waals surface area (Å²) in [6, 6.07) is 0. The van der Waals surface area contributed by atoms with Crippen LogP contribution in [0.15, 0.2) is 11.6 Å². The monoisotopic (exact) mass is 444 g/mol. The lowest BCUT2D eigenvalue weighted by Crippen LogP contribution is -2.55. The van der Waals surface area contributed by atoms with Crippen LogP contribution in [-0.2, 0) is 9.53 Å². The summed E-state index contributed by atoms with van der Waals surface area (Å²) in [7, 11) is 0. The van der Waals surface area contributed by atoms with Gasteiger partial charge in [0.15, 0.2) is 0 Å². The summed E-state index contributed by atoms with van der Waals surface area (Å²) in [5.41, 5.74) is 1.90. The van der Waals surface area contributed by atoms with Crippen LogP contribution in [0, 0.1) is 46.3 Å². The average molecular weight is 445 g/mol. The van der Waals surface area contributed by atoms with Crippen molar-refractivity contribution in [2.75, 3.05) is 0 Å². The molecule has 3 fully saturated rings. The van der Waals surface area contributed by atoms with E-state index in [9.17, 15) is 9.90 Å². The summed E-state index contributed by atoms with van der Waals surface area (Å²) in [5, 5.41) is 10.4. The van der Waals surface area contributed by atoms with Crippen LogP contribution < -0.4 is 0 Å². The number of ether oxygens (including phenoxy) is 1. The van der Waals surface area contributed by atoms with Gasteiger partial charge in [0, 0.05) is 12.8 Å². The fourth-order valence-electron chi connectivity index (χ4n) is 8.93. The van der Waals surface area contributed by atoms with E-state index in [0.29, 0.717) is 23.2 Å². The topological polar surface area (TPSA) is 46.5 Å². The van der Waals surface area contributed by atoms with Crippen LogP contribution in [0.4, 0.5) is 0 Å². The molecule has 0 saturated heterocycles. The van der Waals surface area contributed by atoms with Crippen molar-refractivity contribution in [1.29, 1.82) is 0 Å². The maximum atomic E-state index is 12.1. The predicted molar refractivity (Wildman–Crippen MR) is 130 cm³/mol. The van der Waals surface area contributed by atoms with Crippen molar-refractivity contribution in [1.82, 2.24) is 0 Å². The fraction of sp³-hybridized carbons (Fsp3) is 0.897. The Morgan fingerprint density at radius 2 is 1.84 bits per heavy atom. The van der Waals surface area contributed by atoms with E-state index in [2.05, 4.69) is 40.7 Å². The second kappa shape index (κ2) is 9.08. The first-order valence-electron chi connectivity index (χ1n) is 13.6. The highest BCUT2D eigenvalue weighted by atomic mass is 16.5. The van der Waals surface area contributed by atoms with Gasteiger partial charge >= 0.3 is 5.97 Å². The van der Waals surface area contributed by atoms with Crippen molar-refractivity contribution in [3.63, 3.8) is 0 Å². The average Bonchev–Trinajstić information content (AvgIpc) is 3.05. The minimum Gasteiger partial charge on any atom is -0.458 e. The lowest BCUT2D eigenvalue weighted by molar-refractivity contribution is -0.158. The number of carbonyl (C=O) groups is 1. The van der Waals surface area contributed by atoms with Gasteiger partial charge in [-0.1, -0.05) is 59.5 Å². The molecule has 0 amide bonds. The van der Waals surface area contributed by atoms with E-state index in [4.69, 9.17) is 4.74 Å². The highest BCUT2D eigenvalue weighted by Gasteiger charge is 2.61. The summed E-state index contributed by atoms with van der Waals surface area (Å²) in [6.07, 6.45) is 13.9. The number of fused-ring (bicyclic) bond motifs is 5. The first-order valence-corrected chi connectivity index (χ1v) is 13.6. The lowest BCUT2D eigenvalue weighted by Gasteiger charge is -2.59. The van der Waals surface area contributed by atoms with Gasteiger partial charge in [-0.15, -0.1) is 0 Å². The third-order valence-corrected chi connectivity index (χ3v) is 10.6. The minimum absolute atomic E-state index is 0.106. The minimum atomic E-state index is -0.236. The highest BCUT2D eigenvalue weighted by Crippen LogP contribution is 2.67. The number of aliphatic hydroxyl groups is 1. The van der Waals surface area contributed by atoms with Crippen LogP contribution in [0.5, 0.6) is 0 Å². The van der Waals surface area contributed by atoms with Crippen molar-refractivity contribution in [3.05, 3.63) is 11.6 Å². The molecule has 0 aliphatic heterocycles. The molecule has 4 aliphatic carbocycles. The number of esters is 1. The molecule has 32 heavy (non-hydrogen) atoms. The smallest absolute Gasteiger partial charge is 0.303 e. The SMILES string of the molecule is CC(=O)O[C@@H]1C=C2C[C@@H](O)CC[C@]2(C)[C@H]2CC[C@]3(C)[C@@H]([C@H](C)CCCC(C)C)CC[C@H]3[C@H]12. The normalized spacial score (nSPS) is 44.3. The molecule has 1 N–H and O–H groups in total. The van der Waals surface area contributed by atoms with Crippen molar-refractivity contribution in [2.24, 2.45) is 46.3 Å². The largest absolute Gasteiger partial charge is 0.458 e. The molecular weight excluding hydrogens is 396 g/mol. The van der Waals surface area contributed by atoms with Crippen LogP contribution in [0.25, 0.3) is 0 Å². The van der Waals surface area contributed by atoms with Gasteiger partial charge in [0.25, 0.3) is 0 Å². The van der Waals surface area contributed by atoms with Crippen molar-refractivity contribution in [3.8, 4) is 0 Å². The Bertz CT molecular complexity index is 726. The zero-order valence-electron chi connectivity index (χ0n) is 21.5. The third kappa shape index (κ3) is 4.21. The Hall–Kier alpha value is -0.830. The van der Waals surface area contributed by atoms with E-state index < -0.39 is 0 Å². The van der Waals surface area contributed by atoms with Gasteiger partial charge in [-0.05, 0) is 91.4 Å². The van der Waals surface area contributed by atoms with E-state index in [1.165, 1.54) is 50.5 Å². The third-order valence-electron chi connectivity index (χ3n) is 10.6. The van der Waals surface area contributed by atoms with Crippen molar-refractivity contribution >= 4 is 5.97 Å². The number of hydrogen-bond donors (Lipinski definition) is 1. The zero-order chi connectivity index (χ0) is 23.3. The van der Waals surface area contributed by atoms with E-state index in [0.717, 1.165) is 37.0 Å². The Balaban J connectivity index is 1.60. The van der Waals surface area contributed by atoms with Gasteiger partial charge in [0.2, 0.25) is 0 Å². The molecule has 3 saturated carbocycles. The summed E-state index contributed by atoms with van der Waals surface area (Å²) < 4.78 is 6.03. The summed E-state index contributed by atoms with van der Waals surface area (Å²) >= 11 is 0. The maximum absolute atomic E-state index is 12.1. The molecule has 182 valence electrons. The van der Waals surface area contributed by atoms with Gasteiger partial charge in [0.1, 0.15) is 6.10 Å². The summed E-state index contributed by atoms with van der Waals surface area (Å²) in [4.78, 5) is 12.1. The number of aliphatic hydroxyl groups excluding tert-OH is 1. The van der Waals surface area contributed by atoms with Gasteiger partial charge in [-0.2, -0.15) is 0 Å². The van der Waals surface area contributed by atoms with E-state index in [1.807, 2.05) is 0 Å². The Morgan fingerprint density at radius 1 is 1.09 bits per heavy atom. The summed E-state index contributed by atoms with van der Waals surface area (Å²) in [5.74, 6) is 3.88. The molecular formula is C29H48O3. The van der Waals surface area contributed by atoms with Gasteiger partial charge in [-0.3, -0.25) is 4.79 Å². The highest BCUT2D eigenvalue weighted by molar-refractivity contribution is 5.66. The molecule has 0 spiro atoms. The van der Waals surface area contributed by atoms with Gasteiger partial charge in [0.05, 0.1) is 6.10 Å². The first kappa shape index (κ1) is 24.3. The molecule has 3 nitrogen and oxygen atoms in total. The summed E-state index contributed by atoms with van der Waals surface area (Å²) in [6.45, 7) is 13.8.